The standard InChI is InChI=1S/C23H23F3N4O2/c1-4-18-12-30-20(6-5-19(21(30)31)28-10-15(3)27-13-28)22(32)29(18)11-16-7-14(2)8-17(9-16)23(24,25)26/h5-10,13,18H,4,11-12H2,1-3H3. The van der Waals surface area contributed by atoms with Crippen LogP contribution in [0.1, 0.15) is 46.2 Å². The molecule has 1 atom stereocenters. The third kappa shape index (κ3) is 3.94. The summed E-state index contributed by atoms with van der Waals surface area (Å²) in [4.78, 5) is 32.1. The van der Waals surface area contributed by atoms with Crippen molar-refractivity contribution in [3.63, 3.8) is 0 Å². The number of hydrogen-bond acceptors (Lipinski definition) is 3. The highest BCUT2D eigenvalue weighted by atomic mass is 19.4. The van der Waals surface area contributed by atoms with Crippen LogP contribution in [0, 0.1) is 13.8 Å². The zero-order valence-corrected chi connectivity index (χ0v) is 18.0. The van der Waals surface area contributed by atoms with E-state index in [1.165, 1.54) is 4.57 Å². The van der Waals surface area contributed by atoms with Crippen molar-refractivity contribution in [2.24, 2.45) is 0 Å². The highest BCUT2D eigenvalue weighted by molar-refractivity contribution is 5.93. The van der Waals surface area contributed by atoms with Crippen LogP contribution in [0.15, 0.2) is 47.7 Å². The van der Waals surface area contributed by atoms with Crippen molar-refractivity contribution >= 4 is 5.91 Å². The van der Waals surface area contributed by atoms with E-state index in [0.29, 0.717) is 23.2 Å². The van der Waals surface area contributed by atoms with Gasteiger partial charge in [-0.15, -0.1) is 0 Å². The fraction of sp³-hybridized carbons (Fsp3) is 0.348. The van der Waals surface area contributed by atoms with Gasteiger partial charge in [-0.3, -0.25) is 9.59 Å². The smallest absolute Gasteiger partial charge is 0.328 e. The van der Waals surface area contributed by atoms with Gasteiger partial charge in [-0.05, 0) is 50.1 Å². The van der Waals surface area contributed by atoms with Gasteiger partial charge < -0.3 is 14.0 Å². The monoisotopic (exact) mass is 444 g/mol. The van der Waals surface area contributed by atoms with E-state index in [0.717, 1.165) is 17.8 Å². The molecule has 1 amide bonds. The lowest BCUT2D eigenvalue weighted by Crippen LogP contribution is -2.50. The minimum atomic E-state index is -4.46. The number of rotatable bonds is 4. The van der Waals surface area contributed by atoms with Gasteiger partial charge in [0, 0.05) is 19.3 Å². The maximum absolute atomic E-state index is 13.3. The number of halogens is 3. The Balaban J connectivity index is 1.71. The molecule has 4 rings (SSSR count). The summed E-state index contributed by atoms with van der Waals surface area (Å²) in [6, 6.07) is 6.67. The Hall–Kier alpha value is -3.36. The lowest BCUT2D eigenvalue weighted by molar-refractivity contribution is -0.137. The molecule has 168 valence electrons. The maximum Gasteiger partial charge on any atom is 0.416 e. The molecule has 6 nitrogen and oxygen atoms in total. The predicted octanol–water partition coefficient (Wildman–Crippen LogP) is 4.10. The van der Waals surface area contributed by atoms with Crippen LogP contribution < -0.4 is 5.56 Å². The number of carbonyl (C=O) groups excluding carboxylic acids is 1. The SMILES string of the molecule is CCC1Cn2c(ccc(-n3cnc(C)c3)c2=O)C(=O)N1Cc1cc(C)cc(C(F)(F)F)c1. The summed E-state index contributed by atoms with van der Waals surface area (Å²) >= 11 is 0. The molecular formula is C23H23F3N4O2. The molecule has 32 heavy (non-hydrogen) atoms. The highest BCUT2D eigenvalue weighted by Crippen LogP contribution is 2.31. The van der Waals surface area contributed by atoms with Gasteiger partial charge in [-0.1, -0.05) is 18.6 Å². The second kappa shape index (κ2) is 7.96. The molecule has 2 aromatic heterocycles. The molecule has 0 fully saturated rings. The molecule has 0 saturated heterocycles. The summed E-state index contributed by atoms with van der Waals surface area (Å²) < 4.78 is 42.8. The van der Waals surface area contributed by atoms with E-state index in [1.807, 2.05) is 13.8 Å². The van der Waals surface area contributed by atoms with Crippen molar-refractivity contribution < 1.29 is 18.0 Å². The number of fused-ring (bicyclic) bond motifs is 1. The fourth-order valence-electron chi connectivity index (χ4n) is 4.17. The van der Waals surface area contributed by atoms with E-state index in [-0.39, 0.29) is 36.3 Å². The molecule has 1 aliphatic heterocycles. The first-order valence-corrected chi connectivity index (χ1v) is 10.3. The van der Waals surface area contributed by atoms with E-state index in [2.05, 4.69) is 4.98 Å². The van der Waals surface area contributed by atoms with Gasteiger partial charge in [0.05, 0.1) is 23.6 Å². The Morgan fingerprint density at radius 3 is 2.50 bits per heavy atom. The second-order valence-electron chi connectivity index (χ2n) is 8.14. The number of hydrogen-bond donors (Lipinski definition) is 0. The van der Waals surface area contributed by atoms with Crippen LogP contribution >= 0.6 is 0 Å². The third-order valence-electron chi connectivity index (χ3n) is 5.75. The number of alkyl halides is 3. The summed E-state index contributed by atoms with van der Waals surface area (Å²) in [6.07, 6.45) is -0.625. The van der Waals surface area contributed by atoms with Gasteiger partial charge in [0.15, 0.2) is 0 Å². The Morgan fingerprint density at radius 2 is 1.88 bits per heavy atom. The van der Waals surface area contributed by atoms with Crippen LogP contribution in [-0.4, -0.2) is 31.0 Å². The fourth-order valence-corrected chi connectivity index (χ4v) is 4.17. The van der Waals surface area contributed by atoms with Gasteiger partial charge >= 0.3 is 6.18 Å². The zero-order chi connectivity index (χ0) is 23.2. The molecule has 1 unspecified atom stereocenters. The number of aryl methyl sites for hydroxylation is 2. The van der Waals surface area contributed by atoms with Crippen molar-refractivity contribution in [2.75, 3.05) is 0 Å². The van der Waals surface area contributed by atoms with E-state index >= 15 is 0 Å². The van der Waals surface area contributed by atoms with Crippen LogP contribution in [0.3, 0.4) is 0 Å². The summed E-state index contributed by atoms with van der Waals surface area (Å²) in [6.45, 7) is 5.62. The van der Waals surface area contributed by atoms with Crippen molar-refractivity contribution in [1.82, 2.24) is 19.0 Å². The summed E-state index contributed by atoms with van der Waals surface area (Å²) in [5.41, 5.74) is 1.22. The van der Waals surface area contributed by atoms with Crippen LogP contribution in [0.5, 0.6) is 0 Å². The molecule has 3 aromatic rings. The van der Waals surface area contributed by atoms with Crippen LogP contribution in [0.25, 0.3) is 5.69 Å². The number of benzene rings is 1. The molecule has 0 spiro atoms. The van der Waals surface area contributed by atoms with Gasteiger partial charge in [0.1, 0.15) is 11.4 Å². The zero-order valence-electron chi connectivity index (χ0n) is 18.0. The lowest BCUT2D eigenvalue weighted by Gasteiger charge is -2.37. The Bertz CT molecular complexity index is 1240. The number of amides is 1. The number of pyridine rings is 1. The largest absolute Gasteiger partial charge is 0.416 e. The first-order chi connectivity index (χ1) is 15.1. The molecule has 1 aromatic carbocycles. The molecule has 0 aliphatic carbocycles. The molecule has 0 bridgehead atoms. The molecule has 0 radical (unpaired) electrons. The van der Waals surface area contributed by atoms with Gasteiger partial charge in [0.25, 0.3) is 11.5 Å². The molecule has 0 N–H and O–H groups in total. The average molecular weight is 444 g/mol. The molecular weight excluding hydrogens is 421 g/mol. The Kier molecular flexibility index (Phi) is 5.44. The average Bonchev–Trinajstić information content (AvgIpc) is 3.15. The van der Waals surface area contributed by atoms with E-state index in [1.54, 1.807) is 47.1 Å². The molecule has 3 heterocycles. The minimum absolute atomic E-state index is 0.0404. The maximum atomic E-state index is 13.3. The van der Waals surface area contributed by atoms with Crippen LogP contribution in [0.2, 0.25) is 0 Å². The first kappa shape index (κ1) is 21.9. The van der Waals surface area contributed by atoms with E-state index in [9.17, 15) is 22.8 Å². The number of nitrogens with zero attached hydrogens (tertiary/aromatic N) is 4. The van der Waals surface area contributed by atoms with Crippen molar-refractivity contribution in [1.29, 1.82) is 0 Å². The van der Waals surface area contributed by atoms with Crippen LogP contribution in [-0.2, 0) is 19.3 Å². The first-order valence-electron chi connectivity index (χ1n) is 10.3. The number of aromatic nitrogens is 3. The molecule has 0 saturated carbocycles. The second-order valence-corrected chi connectivity index (χ2v) is 8.14. The number of imidazole rings is 1. The van der Waals surface area contributed by atoms with Gasteiger partial charge in [-0.25, -0.2) is 4.98 Å². The van der Waals surface area contributed by atoms with Crippen molar-refractivity contribution in [2.45, 2.75) is 52.5 Å². The van der Waals surface area contributed by atoms with Crippen molar-refractivity contribution in [3.05, 3.63) is 81.3 Å². The minimum Gasteiger partial charge on any atom is -0.328 e. The summed E-state index contributed by atoms with van der Waals surface area (Å²) in [7, 11) is 0. The van der Waals surface area contributed by atoms with Gasteiger partial charge in [-0.2, -0.15) is 13.2 Å². The molecule has 9 heteroatoms. The third-order valence-corrected chi connectivity index (χ3v) is 5.75. The predicted molar refractivity (Wildman–Crippen MR) is 113 cm³/mol. The van der Waals surface area contributed by atoms with Gasteiger partial charge in [0.2, 0.25) is 0 Å². The quantitative estimate of drug-likeness (QED) is 0.609. The van der Waals surface area contributed by atoms with E-state index < -0.39 is 11.7 Å². The lowest BCUT2D eigenvalue weighted by atomic mass is 10.0. The summed E-state index contributed by atoms with van der Waals surface area (Å²) in [5.74, 6) is -0.372. The van der Waals surface area contributed by atoms with E-state index in [4.69, 9.17) is 0 Å². The normalized spacial score (nSPS) is 16.4. The Labute approximate surface area is 182 Å². The molecule has 1 aliphatic rings. The van der Waals surface area contributed by atoms with Crippen molar-refractivity contribution in [3.8, 4) is 5.69 Å². The van der Waals surface area contributed by atoms with Crippen LogP contribution in [0.4, 0.5) is 13.2 Å². The number of carbonyl (C=O) groups is 1. The highest BCUT2D eigenvalue weighted by Gasteiger charge is 2.34. The summed E-state index contributed by atoms with van der Waals surface area (Å²) in [5, 5.41) is 0. The topological polar surface area (TPSA) is 60.1 Å². The Morgan fingerprint density at radius 1 is 1.12 bits per heavy atom.